The van der Waals surface area contributed by atoms with Gasteiger partial charge in [0, 0.05) is 4.88 Å². The number of fused-ring (bicyclic) bond motifs is 3. The molecule has 2 aromatic heterocycles. The van der Waals surface area contributed by atoms with Crippen molar-refractivity contribution in [3.05, 3.63) is 62.3 Å². The molecule has 1 aliphatic rings. The van der Waals surface area contributed by atoms with E-state index >= 15 is 0 Å². The van der Waals surface area contributed by atoms with Gasteiger partial charge in [0.15, 0.2) is 0 Å². The van der Waals surface area contributed by atoms with Crippen LogP contribution in [0.2, 0.25) is 0 Å². The predicted molar refractivity (Wildman–Crippen MR) is 106 cm³/mol. The number of halogens is 1. The zero-order valence-electron chi connectivity index (χ0n) is 15.8. The van der Waals surface area contributed by atoms with Gasteiger partial charge in [0.2, 0.25) is 0 Å². The van der Waals surface area contributed by atoms with Crippen LogP contribution >= 0.6 is 11.3 Å². The molecule has 5 nitrogen and oxygen atoms in total. The number of carbonyl (C=O) groups is 1. The van der Waals surface area contributed by atoms with E-state index in [0.29, 0.717) is 35.6 Å². The number of aryl methyl sites for hydroxylation is 2. The fourth-order valence-corrected chi connectivity index (χ4v) is 5.17. The van der Waals surface area contributed by atoms with Gasteiger partial charge in [-0.15, -0.1) is 11.3 Å². The molecule has 2 heterocycles. The normalized spacial score (nSPS) is 16.2. The highest BCUT2D eigenvalue weighted by atomic mass is 32.1. The zero-order valence-corrected chi connectivity index (χ0v) is 16.6. The summed E-state index contributed by atoms with van der Waals surface area (Å²) in [6.07, 6.45) is 2.43. The van der Waals surface area contributed by atoms with Crippen LogP contribution in [0.5, 0.6) is 0 Å². The van der Waals surface area contributed by atoms with Gasteiger partial charge in [-0.25, -0.2) is 9.37 Å². The number of benzene rings is 1. The number of nitrogens with zero attached hydrogens (tertiary/aromatic N) is 2. The van der Waals surface area contributed by atoms with Crippen LogP contribution in [0.25, 0.3) is 10.2 Å². The Morgan fingerprint density at radius 3 is 2.82 bits per heavy atom. The molecule has 4 rings (SSSR count). The topological polar surface area (TPSA) is 61.2 Å². The summed E-state index contributed by atoms with van der Waals surface area (Å²) in [5.41, 5.74) is 1.47. The molecular formula is C21H21FN2O3S. The third-order valence-electron chi connectivity index (χ3n) is 5.19. The third kappa shape index (κ3) is 3.24. The van der Waals surface area contributed by atoms with E-state index in [9.17, 15) is 14.0 Å². The van der Waals surface area contributed by atoms with Gasteiger partial charge in [0.05, 0.1) is 24.5 Å². The third-order valence-corrected chi connectivity index (χ3v) is 6.35. The Morgan fingerprint density at radius 1 is 1.36 bits per heavy atom. The van der Waals surface area contributed by atoms with Gasteiger partial charge in [0.1, 0.15) is 16.5 Å². The Bertz CT molecular complexity index is 1100. The number of ether oxygens (including phenoxy) is 1. The fourth-order valence-electron chi connectivity index (χ4n) is 3.85. The van der Waals surface area contributed by atoms with Crippen LogP contribution in [0.3, 0.4) is 0 Å². The Hall–Kier alpha value is -2.54. The quantitative estimate of drug-likeness (QED) is 0.623. The van der Waals surface area contributed by atoms with Gasteiger partial charge in [-0.1, -0.05) is 12.1 Å². The fraction of sp³-hybridized carbons (Fsp3) is 0.381. The van der Waals surface area contributed by atoms with Gasteiger partial charge in [0.25, 0.3) is 5.56 Å². The molecule has 146 valence electrons. The first kappa shape index (κ1) is 18.8. The maximum Gasteiger partial charge on any atom is 0.313 e. The molecule has 0 aliphatic heterocycles. The second kappa shape index (κ2) is 7.47. The van der Waals surface area contributed by atoms with Gasteiger partial charge < -0.3 is 4.74 Å². The van der Waals surface area contributed by atoms with Crippen molar-refractivity contribution in [1.82, 2.24) is 9.55 Å². The van der Waals surface area contributed by atoms with E-state index in [0.717, 1.165) is 28.8 Å². The lowest BCUT2D eigenvalue weighted by molar-refractivity contribution is -0.145. The molecular weight excluding hydrogens is 379 g/mol. The van der Waals surface area contributed by atoms with E-state index in [4.69, 9.17) is 4.74 Å². The molecule has 1 aliphatic carbocycles. The summed E-state index contributed by atoms with van der Waals surface area (Å²) in [4.78, 5) is 32.3. The molecule has 0 radical (unpaired) electrons. The van der Waals surface area contributed by atoms with Gasteiger partial charge >= 0.3 is 5.97 Å². The molecule has 0 bridgehead atoms. The number of rotatable bonds is 4. The Morgan fingerprint density at radius 2 is 2.11 bits per heavy atom. The van der Waals surface area contributed by atoms with Crippen molar-refractivity contribution >= 4 is 27.5 Å². The molecule has 0 N–H and O–H groups in total. The highest BCUT2D eigenvalue weighted by Gasteiger charge is 2.33. The second-order valence-corrected chi connectivity index (χ2v) is 8.08. The summed E-state index contributed by atoms with van der Waals surface area (Å²) in [7, 11) is 0. The van der Waals surface area contributed by atoms with Crippen molar-refractivity contribution in [1.29, 1.82) is 0 Å². The van der Waals surface area contributed by atoms with Crippen LogP contribution in [-0.4, -0.2) is 22.1 Å². The lowest BCUT2D eigenvalue weighted by Gasteiger charge is -2.21. The zero-order chi connectivity index (χ0) is 19.8. The molecule has 0 saturated carbocycles. The molecule has 3 aromatic rings. The monoisotopic (exact) mass is 400 g/mol. The lowest BCUT2D eigenvalue weighted by atomic mass is 9.86. The Labute approximate surface area is 165 Å². The lowest BCUT2D eigenvalue weighted by Crippen LogP contribution is -2.27. The van der Waals surface area contributed by atoms with E-state index in [1.54, 1.807) is 30.5 Å². The van der Waals surface area contributed by atoms with Crippen LogP contribution in [0.15, 0.2) is 29.1 Å². The van der Waals surface area contributed by atoms with E-state index in [1.807, 2.05) is 0 Å². The minimum Gasteiger partial charge on any atom is -0.466 e. The standard InChI is InChI=1S/C21H21FN2O3S/c1-3-27-21(26)15-5-4-6-16-17(15)18-19(28-16)23-12(2)24(20(18)25)11-13-7-9-14(22)10-8-13/h7-10,15H,3-6,11H2,1-2H3. The maximum absolute atomic E-state index is 13.4. The van der Waals surface area contributed by atoms with Crippen LogP contribution in [0, 0.1) is 12.7 Å². The molecule has 0 spiro atoms. The number of hydrogen-bond donors (Lipinski definition) is 0. The molecule has 0 fully saturated rings. The van der Waals surface area contributed by atoms with Crippen molar-refractivity contribution in [3.8, 4) is 0 Å². The molecule has 1 unspecified atom stereocenters. The largest absolute Gasteiger partial charge is 0.466 e. The van der Waals surface area contributed by atoms with Gasteiger partial charge in [-0.2, -0.15) is 0 Å². The minimum absolute atomic E-state index is 0.152. The molecule has 1 atom stereocenters. The first-order chi connectivity index (χ1) is 13.5. The second-order valence-electron chi connectivity index (χ2n) is 6.99. The molecule has 1 aromatic carbocycles. The van der Waals surface area contributed by atoms with Crippen molar-refractivity contribution in [2.45, 2.75) is 45.6 Å². The molecule has 7 heteroatoms. The Kier molecular flexibility index (Phi) is 5.02. The van der Waals surface area contributed by atoms with Crippen molar-refractivity contribution in [3.63, 3.8) is 0 Å². The molecule has 0 amide bonds. The number of carbonyl (C=O) groups excluding carboxylic acids is 1. The summed E-state index contributed by atoms with van der Waals surface area (Å²) in [5, 5.41) is 0.533. The van der Waals surface area contributed by atoms with Crippen LogP contribution in [-0.2, 0) is 22.5 Å². The highest BCUT2D eigenvalue weighted by molar-refractivity contribution is 7.18. The van der Waals surface area contributed by atoms with E-state index in [-0.39, 0.29) is 17.3 Å². The number of esters is 1. The number of thiophene rings is 1. The van der Waals surface area contributed by atoms with E-state index in [2.05, 4.69) is 4.98 Å². The van der Waals surface area contributed by atoms with Crippen LogP contribution in [0.1, 0.15) is 47.5 Å². The maximum atomic E-state index is 13.4. The average molecular weight is 400 g/mol. The summed E-state index contributed by atoms with van der Waals surface area (Å²) in [5.74, 6) is -0.388. The van der Waals surface area contributed by atoms with Gasteiger partial charge in [-0.3, -0.25) is 14.2 Å². The summed E-state index contributed by atoms with van der Waals surface area (Å²) in [6.45, 7) is 4.21. The van der Waals surface area contributed by atoms with Crippen molar-refractivity contribution in [2.75, 3.05) is 6.61 Å². The number of aromatic nitrogens is 2. The van der Waals surface area contributed by atoms with E-state index in [1.165, 1.54) is 23.5 Å². The van der Waals surface area contributed by atoms with E-state index < -0.39 is 5.92 Å². The van der Waals surface area contributed by atoms with Crippen LogP contribution in [0.4, 0.5) is 4.39 Å². The molecule has 0 saturated heterocycles. The summed E-state index contributed by atoms with van der Waals surface area (Å²) >= 11 is 1.50. The number of hydrogen-bond acceptors (Lipinski definition) is 5. The first-order valence-corrected chi connectivity index (χ1v) is 10.2. The summed E-state index contributed by atoms with van der Waals surface area (Å²) in [6, 6.07) is 6.08. The van der Waals surface area contributed by atoms with Crippen molar-refractivity contribution < 1.29 is 13.9 Å². The highest BCUT2D eigenvalue weighted by Crippen LogP contribution is 2.41. The minimum atomic E-state index is -0.408. The smallest absolute Gasteiger partial charge is 0.313 e. The van der Waals surface area contributed by atoms with Gasteiger partial charge in [-0.05, 0) is 56.4 Å². The average Bonchev–Trinajstić information content (AvgIpc) is 3.05. The SMILES string of the molecule is CCOC(=O)C1CCCc2sc3nc(C)n(Cc4ccc(F)cc4)c(=O)c3c21. The van der Waals surface area contributed by atoms with Crippen molar-refractivity contribution in [2.24, 2.45) is 0 Å². The summed E-state index contributed by atoms with van der Waals surface area (Å²) < 4.78 is 20.1. The Balaban J connectivity index is 1.85. The van der Waals surface area contributed by atoms with Crippen LogP contribution < -0.4 is 5.56 Å². The predicted octanol–water partition coefficient (Wildman–Crippen LogP) is 3.94. The molecule has 28 heavy (non-hydrogen) atoms. The first-order valence-electron chi connectivity index (χ1n) is 9.43.